The van der Waals surface area contributed by atoms with Crippen molar-refractivity contribution in [2.75, 3.05) is 11.9 Å². The van der Waals surface area contributed by atoms with Crippen LogP contribution in [0.5, 0.6) is 0 Å². The lowest BCUT2D eigenvalue weighted by atomic mass is 10.2. The maximum atomic E-state index is 11.8. The third kappa shape index (κ3) is 3.29. The van der Waals surface area contributed by atoms with Crippen molar-refractivity contribution in [2.24, 2.45) is 0 Å². The van der Waals surface area contributed by atoms with Crippen LogP contribution >= 0.6 is 11.3 Å². The van der Waals surface area contributed by atoms with Gasteiger partial charge in [-0.25, -0.2) is 4.98 Å². The maximum absolute atomic E-state index is 11.8. The number of hydrogen-bond acceptors (Lipinski definition) is 6. The molecule has 2 N–H and O–H groups in total. The summed E-state index contributed by atoms with van der Waals surface area (Å²) < 4.78 is 1.20. The van der Waals surface area contributed by atoms with E-state index in [-0.39, 0.29) is 18.0 Å². The van der Waals surface area contributed by atoms with Gasteiger partial charge < -0.3 is 10.6 Å². The van der Waals surface area contributed by atoms with Crippen LogP contribution in [0.1, 0.15) is 5.56 Å². The van der Waals surface area contributed by atoms with Gasteiger partial charge in [0.2, 0.25) is 16.0 Å². The number of nitrogens with one attached hydrogen (secondary N) is 2. The predicted molar refractivity (Wildman–Crippen MR) is 83.9 cm³/mol. The van der Waals surface area contributed by atoms with E-state index in [1.807, 2.05) is 30.3 Å². The molecule has 1 aromatic carbocycles. The summed E-state index contributed by atoms with van der Waals surface area (Å²) in [6.07, 6.45) is 1.44. The molecule has 0 saturated carbocycles. The van der Waals surface area contributed by atoms with Crippen LogP contribution in [0.25, 0.3) is 4.96 Å². The minimum Gasteiger partial charge on any atom is -0.351 e. The summed E-state index contributed by atoms with van der Waals surface area (Å²) >= 11 is 1.22. The van der Waals surface area contributed by atoms with Crippen molar-refractivity contribution in [1.82, 2.24) is 19.9 Å². The van der Waals surface area contributed by atoms with E-state index >= 15 is 0 Å². The Hall–Kier alpha value is -2.74. The van der Waals surface area contributed by atoms with Gasteiger partial charge >= 0.3 is 0 Å². The molecule has 112 valence electrons. The quantitative estimate of drug-likeness (QED) is 0.729. The van der Waals surface area contributed by atoms with Crippen LogP contribution in [-0.2, 0) is 11.3 Å². The summed E-state index contributed by atoms with van der Waals surface area (Å²) in [7, 11) is 0. The number of carbonyl (C=O) groups is 1. The molecule has 22 heavy (non-hydrogen) atoms. The van der Waals surface area contributed by atoms with Crippen LogP contribution in [-0.4, -0.2) is 27.0 Å². The van der Waals surface area contributed by atoms with Crippen molar-refractivity contribution in [1.29, 1.82) is 0 Å². The molecule has 2 aromatic heterocycles. The Morgan fingerprint density at radius 3 is 2.82 bits per heavy atom. The van der Waals surface area contributed by atoms with Crippen LogP contribution in [0.4, 0.5) is 5.13 Å². The standard InChI is InChI=1S/C14H13N5O2S/c20-11(16-8-10-4-2-1-3-5-10)9-17-13-18-19-12(21)6-7-15-14(19)22-13/h1-7H,8-9H2,(H,16,20)(H,17,18). The molecule has 0 aliphatic rings. The lowest BCUT2D eigenvalue weighted by Crippen LogP contribution is -2.29. The highest BCUT2D eigenvalue weighted by atomic mass is 32.1. The second-order valence-corrected chi connectivity index (χ2v) is 5.46. The average Bonchev–Trinajstić information content (AvgIpc) is 2.96. The Balaban J connectivity index is 1.56. The molecule has 0 atom stereocenters. The molecular formula is C14H13N5O2S. The molecule has 8 heteroatoms. The van der Waals surface area contributed by atoms with Gasteiger partial charge in [-0.1, -0.05) is 41.7 Å². The summed E-state index contributed by atoms with van der Waals surface area (Å²) in [5, 5.41) is 10.2. The van der Waals surface area contributed by atoms with Crippen molar-refractivity contribution in [3.63, 3.8) is 0 Å². The Bertz CT molecular complexity index is 843. The Morgan fingerprint density at radius 1 is 1.23 bits per heavy atom. The first-order chi connectivity index (χ1) is 10.7. The number of anilines is 1. The van der Waals surface area contributed by atoms with Gasteiger partial charge in [0.15, 0.2) is 0 Å². The third-order valence-corrected chi connectivity index (χ3v) is 3.78. The van der Waals surface area contributed by atoms with E-state index in [1.165, 1.54) is 28.1 Å². The predicted octanol–water partition coefficient (Wildman–Crippen LogP) is 0.879. The van der Waals surface area contributed by atoms with Gasteiger partial charge in [-0.3, -0.25) is 9.59 Å². The lowest BCUT2D eigenvalue weighted by Gasteiger charge is -2.05. The highest BCUT2D eigenvalue weighted by Crippen LogP contribution is 2.14. The number of fused-ring (bicyclic) bond motifs is 1. The largest absolute Gasteiger partial charge is 0.351 e. The van der Waals surface area contributed by atoms with Crippen LogP contribution in [0.3, 0.4) is 0 Å². The zero-order chi connectivity index (χ0) is 15.4. The van der Waals surface area contributed by atoms with Gasteiger partial charge in [-0.05, 0) is 5.56 Å². The minimum atomic E-state index is -0.247. The van der Waals surface area contributed by atoms with E-state index in [0.29, 0.717) is 16.6 Å². The molecule has 7 nitrogen and oxygen atoms in total. The Morgan fingerprint density at radius 2 is 2.05 bits per heavy atom. The number of rotatable bonds is 5. The highest BCUT2D eigenvalue weighted by Gasteiger charge is 2.07. The molecular weight excluding hydrogens is 302 g/mol. The van der Waals surface area contributed by atoms with Crippen molar-refractivity contribution < 1.29 is 4.79 Å². The zero-order valence-electron chi connectivity index (χ0n) is 11.5. The molecule has 2 heterocycles. The third-order valence-electron chi connectivity index (χ3n) is 2.90. The monoisotopic (exact) mass is 315 g/mol. The van der Waals surface area contributed by atoms with E-state index in [1.54, 1.807) is 0 Å². The second-order valence-electron chi connectivity index (χ2n) is 4.50. The molecule has 1 amide bonds. The zero-order valence-corrected chi connectivity index (χ0v) is 12.3. The molecule has 0 aliphatic heterocycles. The number of hydrogen-bond donors (Lipinski definition) is 2. The molecule has 0 spiro atoms. The Labute approximate surface area is 129 Å². The van der Waals surface area contributed by atoms with Crippen LogP contribution in [0.15, 0.2) is 47.4 Å². The van der Waals surface area contributed by atoms with Gasteiger partial charge in [-0.15, -0.1) is 5.10 Å². The average molecular weight is 315 g/mol. The fraction of sp³-hybridized carbons (Fsp3) is 0.143. The smallest absolute Gasteiger partial charge is 0.275 e. The molecule has 3 rings (SSSR count). The lowest BCUT2D eigenvalue weighted by molar-refractivity contribution is -0.119. The van der Waals surface area contributed by atoms with E-state index in [4.69, 9.17) is 0 Å². The van der Waals surface area contributed by atoms with Crippen LogP contribution in [0.2, 0.25) is 0 Å². The first kappa shape index (κ1) is 14.2. The summed E-state index contributed by atoms with van der Waals surface area (Å²) in [6.45, 7) is 0.559. The summed E-state index contributed by atoms with van der Waals surface area (Å²) in [5.41, 5.74) is 0.786. The number of nitrogens with zero attached hydrogens (tertiary/aromatic N) is 3. The van der Waals surface area contributed by atoms with E-state index in [9.17, 15) is 9.59 Å². The normalized spacial score (nSPS) is 10.5. The molecule has 0 bridgehead atoms. The van der Waals surface area contributed by atoms with E-state index in [2.05, 4.69) is 20.7 Å². The number of benzene rings is 1. The Kier molecular flexibility index (Phi) is 4.10. The number of carbonyl (C=O) groups excluding carboxylic acids is 1. The first-order valence-electron chi connectivity index (χ1n) is 6.62. The fourth-order valence-electron chi connectivity index (χ4n) is 1.83. The van der Waals surface area contributed by atoms with Gasteiger partial charge in [0.25, 0.3) is 5.56 Å². The molecule has 0 saturated heterocycles. The molecule has 3 aromatic rings. The maximum Gasteiger partial charge on any atom is 0.275 e. The second kappa shape index (κ2) is 6.35. The SMILES string of the molecule is O=C(CNc1nn2c(=O)ccnc2s1)NCc1ccccc1. The van der Waals surface area contributed by atoms with Crippen LogP contribution < -0.4 is 16.2 Å². The first-order valence-corrected chi connectivity index (χ1v) is 7.43. The van der Waals surface area contributed by atoms with Gasteiger partial charge in [0.05, 0.1) is 6.54 Å². The highest BCUT2D eigenvalue weighted by molar-refractivity contribution is 7.20. The summed E-state index contributed by atoms with van der Waals surface area (Å²) in [4.78, 5) is 27.9. The van der Waals surface area contributed by atoms with Crippen molar-refractivity contribution >= 4 is 27.3 Å². The molecule has 0 aliphatic carbocycles. The van der Waals surface area contributed by atoms with Crippen molar-refractivity contribution in [3.8, 4) is 0 Å². The molecule has 0 fully saturated rings. The summed E-state index contributed by atoms with van der Waals surface area (Å²) in [6, 6.07) is 11.0. The minimum absolute atomic E-state index is 0.0847. The van der Waals surface area contributed by atoms with Crippen molar-refractivity contribution in [2.45, 2.75) is 6.54 Å². The van der Waals surface area contributed by atoms with Crippen LogP contribution in [0, 0.1) is 0 Å². The molecule has 0 unspecified atom stereocenters. The van der Waals surface area contributed by atoms with E-state index in [0.717, 1.165) is 5.56 Å². The number of aromatic nitrogens is 3. The van der Waals surface area contributed by atoms with Gasteiger partial charge in [0, 0.05) is 18.8 Å². The van der Waals surface area contributed by atoms with E-state index < -0.39 is 0 Å². The number of amides is 1. The summed E-state index contributed by atoms with van der Waals surface area (Å²) in [5.74, 6) is -0.150. The van der Waals surface area contributed by atoms with Crippen molar-refractivity contribution in [3.05, 3.63) is 58.5 Å². The van der Waals surface area contributed by atoms with Gasteiger partial charge in [-0.2, -0.15) is 4.52 Å². The fourth-order valence-corrected chi connectivity index (χ4v) is 2.60. The molecule has 0 radical (unpaired) electrons. The topological polar surface area (TPSA) is 88.4 Å². The van der Waals surface area contributed by atoms with Gasteiger partial charge in [0.1, 0.15) is 0 Å².